The second kappa shape index (κ2) is 21.3. The zero-order valence-electron chi connectivity index (χ0n) is 36.5. The molecule has 3 aromatic heterocycles. The van der Waals surface area contributed by atoms with Crippen LogP contribution in [0.25, 0.3) is 45.3 Å². The number of unbranched alkanes of at least 4 members (excludes halogenated alkanes) is 9. The minimum atomic E-state index is -1.58. The smallest absolute Gasteiger partial charge is 0.229 e. The molecular weight excluding hydrogens is 785 g/mol. The molecule has 1 fully saturated rings. The first-order valence-electron chi connectivity index (χ1n) is 23.1. The van der Waals surface area contributed by atoms with E-state index in [4.69, 9.17) is 19.4 Å². The first-order chi connectivity index (χ1) is 30.2. The third kappa shape index (κ3) is 10.0. The highest BCUT2D eigenvalue weighted by molar-refractivity contribution is 5.92. The maximum atomic E-state index is 11.9. The molecule has 0 amide bonds. The molecule has 4 aromatic rings. The van der Waals surface area contributed by atoms with Crippen molar-refractivity contribution in [2.45, 2.75) is 160 Å². The van der Waals surface area contributed by atoms with Gasteiger partial charge in [0.05, 0.1) is 29.4 Å². The molecule has 6 heterocycles. The lowest BCUT2D eigenvalue weighted by molar-refractivity contribution is -0.277. The summed E-state index contributed by atoms with van der Waals surface area (Å²) in [4.78, 5) is 18.0. The van der Waals surface area contributed by atoms with Gasteiger partial charge in [0, 0.05) is 33.2 Å². The van der Waals surface area contributed by atoms with E-state index in [0.29, 0.717) is 34.9 Å². The quantitative estimate of drug-likeness (QED) is 0.0373. The maximum absolute atomic E-state index is 11.9. The second-order valence-electron chi connectivity index (χ2n) is 17.1. The third-order valence-electron chi connectivity index (χ3n) is 12.6. The van der Waals surface area contributed by atoms with Gasteiger partial charge in [-0.05, 0) is 104 Å². The van der Waals surface area contributed by atoms with Crippen LogP contribution in [0.3, 0.4) is 0 Å². The Morgan fingerprint density at radius 1 is 0.581 bits per heavy atom. The fourth-order valence-electron chi connectivity index (χ4n) is 9.04. The van der Waals surface area contributed by atoms with Crippen LogP contribution in [-0.2, 0) is 24.0 Å². The van der Waals surface area contributed by atoms with Crippen molar-refractivity contribution in [2.75, 3.05) is 6.61 Å². The summed E-state index contributed by atoms with van der Waals surface area (Å²) in [7, 11) is 0. The first-order valence-corrected chi connectivity index (χ1v) is 23.1. The Morgan fingerprint density at radius 2 is 1.13 bits per heavy atom. The average molecular weight is 851 g/mol. The highest BCUT2D eigenvalue weighted by Crippen LogP contribution is 2.40. The summed E-state index contributed by atoms with van der Waals surface area (Å²) in [6, 6.07) is 15.7. The summed E-state index contributed by atoms with van der Waals surface area (Å²) in [6.07, 6.45) is 9.28. The number of rotatable bonds is 19. The molecule has 7 rings (SSSR count). The number of hydrogen-bond donors (Lipinski definition) is 8. The van der Waals surface area contributed by atoms with Crippen molar-refractivity contribution in [3.8, 4) is 16.9 Å². The van der Waals surface area contributed by atoms with Crippen LogP contribution in [0.15, 0.2) is 48.5 Å². The predicted octanol–water partition coefficient (Wildman–Crippen LogP) is 8.47. The number of aryl methyl sites for hydroxylation is 2. The van der Waals surface area contributed by atoms with Gasteiger partial charge >= 0.3 is 0 Å². The monoisotopic (exact) mass is 850 g/mol. The topological polar surface area (TPSA) is 197 Å². The number of nitrogens with zero attached hydrogens (tertiary/aromatic N) is 2. The van der Waals surface area contributed by atoms with Gasteiger partial charge in [0.1, 0.15) is 42.4 Å². The molecule has 0 spiro atoms. The number of aromatic amines is 2. The van der Waals surface area contributed by atoms with E-state index in [2.05, 4.69) is 55.0 Å². The lowest BCUT2D eigenvalue weighted by atomic mass is 9.98. The van der Waals surface area contributed by atoms with Crippen molar-refractivity contribution >= 4 is 34.2 Å². The summed E-state index contributed by atoms with van der Waals surface area (Å²) >= 11 is 0. The van der Waals surface area contributed by atoms with Gasteiger partial charge < -0.3 is 50.1 Å². The molecule has 6 unspecified atom stereocenters. The number of fused-ring (bicyclic) bond motifs is 8. The summed E-state index contributed by atoms with van der Waals surface area (Å²) in [5.41, 5.74) is 10.4. The van der Waals surface area contributed by atoms with Gasteiger partial charge in [-0.2, -0.15) is 0 Å². The molecule has 1 aromatic carbocycles. The van der Waals surface area contributed by atoms with Gasteiger partial charge in [-0.1, -0.05) is 90.7 Å². The van der Waals surface area contributed by atoms with Gasteiger partial charge in [-0.3, -0.25) is 4.98 Å². The van der Waals surface area contributed by atoms with Gasteiger partial charge in [0.25, 0.3) is 0 Å². The van der Waals surface area contributed by atoms with Crippen molar-refractivity contribution in [1.82, 2.24) is 19.9 Å². The molecule has 0 saturated carbocycles. The van der Waals surface area contributed by atoms with Crippen LogP contribution in [0.5, 0.6) is 5.75 Å². The number of aliphatic hydroxyl groups is 6. The normalized spacial score (nSPS) is 22.4. The van der Waals surface area contributed by atoms with E-state index in [0.717, 1.165) is 140 Å². The summed E-state index contributed by atoms with van der Waals surface area (Å²) in [5.74, 6) is 0.331. The van der Waals surface area contributed by atoms with E-state index < -0.39 is 49.5 Å². The maximum Gasteiger partial charge on any atom is 0.229 e. The molecule has 3 aliphatic heterocycles. The number of hydrogen-bond acceptors (Lipinski definition) is 10. The van der Waals surface area contributed by atoms with Crippen LogP contribution >= 0.6 is 0 Å². The molecule has 3 aliphatic rings. The van der Waals surface area contributed by atoms with Crippen LogP contribution in [0.2, 0.25) is 0 Å². The van der Waals surface area contributed by atoms with Crippen LogP contribution in [-0.4, -0.2) is 87.9 Å². The Balaban J connectivity index is 1.47. The van der Waals surface area contributed by atoms with E-state index in [1.165, 1.54) is 0 Å². The van der Waals surface area contributed by atoms with Crippen LogP contribution in [0.1, 0.15) is 149 Å². The Bertz CT molecular complexity index is 2320. The summed E-state index contributed by atoms with van der Waals surface area (Å²) < 4.78 is 11.8. The summed E-state index contributed by atoms with van der Waals surface area (Å²) in [6.45, 7) is 6.02. The fraction of sp³-hybridized carbons (Fsp3) is 0.520. The molecule has 12 heteroatoms. The van der Waals surface area contributed by atoms with Gasteiger partial charge in [0.15, 0.2) is 0 Å². The van der Waals surface area contributed by atoms with Crippen molar-refractivity contribution in [3.05, 3.63) is 88.0 Å². The zero-order valence-corrected chi connectivity index (χ0v) is 36.5. The number of ether oxygens (including phenoxy) is 2. The lowest BCUT2D eigenvalue weighted by Gasteiger charge is -2.39. The molecule has 8 N–H and O–H groups in total. The molecule has 0 aliphatic carbocycles. The lowest BCUT2D eigenvalue weighted by Crippen LogP contribution is -2.60. The molecular formula is C50H66N4O8. The Kier molecular flexibility index (Phi) is 15.7. The van der Waals surface area contributed by atoms with Gasteiger partial charge in [-0.25, -0.2) is 4.98 Å². The third-order valence-corrected chi connectivity index (χ3v) is 12.6. The number of aliphatic hydroxyl groups excluding tert-OH is 6. The van der Waals surface area contributed by atoms with Crippen LogP contribution in [0, 0.1) is 0 Å². The Hall–Kier alpha value is -4.40. The first kappa shape index (κ1) is 45.6. The largest absolute Gasteiger partial charge is 0.462 e. The van der Waals surface area contributed by atoms with E-state index in [1.54, 1.807) is 6.07 Å². The number of nitrogens with one attached hydrogen (secondary N) is 2. The van der Waals surface area contributed by atoms with Crippen LogP contribution < -0.4 is 4.74 Å². The fourth-order valence-corrected chi connectivity index (χ4v) is 9.04. The zero-order chi connectivity index (χ0) is 43.8. The minimum absolute atomic E-state index is 0.331. The highest BCUT2D eigenvalue weighted by Gasteiger charge is 2.44. The van der Waals surface area contributed by atoms with Gasteiger partial charge in [0.2, 0.25) is 6.29 Å². The van der Waals surface area contributed by atoms with Crippen molar-refractivity contribution in [1.29, 1.82) is 0 Å². The molecule has 334 valence electrons. The van der Waals surface area contributed by atoms with Gasteiger partial charge in [-0.15, -0.1) is 0 Å². The van der Waals surface area contributed by atoms with E-state index in [9.17, 15) is 30.6 Å². The van der Waals surface area contributed by atoms with E-state index >= 15 is 0 Å². The highest BCUT2D eigenvalue weighted by atomic mass is 16.7. The molecule has 8 bridgehead atoms. The minimum Gasteiger partial charge on any atom is -0.462 e. The number of H-pyrrole nitrogens is 2. The van der Waals surface area contributed by atoms with Crippen molar-refractivity contribution in [3.63, 3.8) is 0 Å². The molecule has 62 heavy (non-hydrogen) atoms. The van der Waals surface area contributed by atoms with Crippen molar-refractivity contribution < 1.29 is 40.1 Å². The van der Waals surface area contributed by atoms with Crippen molar-refractivity contribution in [2.24, 2.45) is 0 Å². The van der Waals surface area contributed by atoms with Crippen LogP contribution in [0.4, 0.5) is 0 Å². The van der Waals surface area contributed by atoms with E-state index in [-0.39, 0.29) is 0 Å². The summed E-state index contributed by atoms with van der Waals surface area (Å²) in [5, 5.41) is 65.2. The molecule has 0 radical (unpaired) electrons. The standard InChI is InChI=1S/C50H66N4O8/c1-4-7-10-13-19-32-35-22-23-37(51-35)33(20-14-11-8-5-2)43-46(57)47(58)44(54-43)34(21-15-12-9-6-3)38-25-27-40(53-38)42(39-26-24-36(32)52-39)30-17-16-18-31(28-30)61-50-49(60)48(59)45(56)41(29-55)62-50/h16-18,22-28,41,45-52,55-60H,4-15,19-21,29H2,1-3H3/t41?,45?,46-,47?,48?,49?,50?/m0/s1. The Morgan fingerprint density at radius 3 is 1.76 bits per heavy atom. The molecule has 12 nitrogen and oxygen atoms in total. The number of aromatic nitrogens is 4. The number of benzene rings is 1. The SMILES string of the molecule is CCCCCCc1c2nc(c(-c3cccc(OC4OC(CO)C(O)C(O)C4O)c3)c3ccc([nH]3)c(CCCCCC)c3ccc([nH]3)c(CCCCCC)c3nc1C(O)[C@H]3O)C=C2. The Labute approximate surface area is 364 Å². The second-order valence-corrected chi connectivity index (χ2v) is 17.1. The molecule has 1 saturated heterocycles. The molecule has 7 atom stereocenters. The van der Waals surface area contributed by atoms with E-state index in [1.807, 2.05) is 30.4 Å². The average Bonchev–Trinajstić information content (AvgIpc) is 4.11. The predicted molar refractivity (Wildman–Crippen MR) is 243 cm³/mol.